The molecule has 0 amide bonds. The van der Waals surface area contributed by atoms with Crippen LogP contribution < -0.4 is 17.0 Å². The second-order valence-electron chi connectivity index (χ2n) is 7.27. The van der Waals surface area contributed by atoms with Crippen molar-refractivity contribution in [3.63, 3.8) is 0 Å². The number of nitrogens with two attached hydrogens (primary N) is 2. The Morgan fingerprint density at radius 1 is 1.03 bits per heavy atom. The highest BCUT2D eigenvalue weighted by molar-refractivity contribution is 5.82. The van der Waals surface area contributed by atoms with Crippen molar-refractivity contribution >= 4 is 27.9 Å². The number of aryl methyl sites for hydroxylation is 1. The zero-order chi connectivity index (χ0) is 21.5. The minimum atomic E-state index is -0.141. The first kappa shape index (κ1) is 18.9. The van der Waals surface area contributed by atoms with E-state index in [1.165, 1.54) is 6.33 Å². The Labute approximate surface area is 177 Å². The lowest BCUT2D eigenvalue weighted by atomic mass is 10.1. The fourth-order valence-electron chi connectivity index (χ4n) is 3.86. The van der Waals surface area contributed by atoms with Crippen molar-refractivity contribution in [2.45, 2.75) is 20.0 Å². The largest absolute Gasteiger partial charge is 0.382 e. The minimum Gasteiger partial charge on any atom is -0.382 e. The van der Waals surface area contributed by atoms with Crippen molar-refractivity contribution in [3.05, 3.63) is 82.4 Å². The zero-order valence-corrected chi connectivity index (χ0v) is 16.9. The van der Waals surface area contributed by atoms with Gasteiger partial charge >= 0.3 is 0 Å². The van der Waals surface area contributed by atoms with Gasteiger partial charge in [-0.1, -0.05) is 30.3 Å². The summed E-state index contributed by atoms with van der Waals surface area (Å²) in [5.41, 5.74) is 15.9. The molecule has 0 aliphatic carbocycles. The van der Waals surface area contributed by atoms with Crippen LogP contribution in [0.1, 0.15) is 17.0 Å². The molecule has 31 heavy (non-hydrogen) atoms. The first-order chi connectivity index (χ1) is 15.1. The summed E-state index contributed by atoms with van der Waals surface area (Å²) in [7, 11) is 0. The van der Waals surface area contributed by atoms with E-state index in [4.69, 9.17) is 16.5 Å². The molecule has 0 aliphatic heterocycles. The maximum atomic E-state index is 13.7. The summed E-state index contributed by atoms with van der Waals surface area (Å²) in [6.45, 7) is 2.48. The Morgan fingerprint density at radius 2 is 1.87 bits per heavy atom. The standard InChI is InChI=1S/C22H20N8O/c1-13-5-4-7-15-18(13)22(31)30(16-8-3-2-6-14(16)9-23)17(28-15)10-29-12-27-19-20(24)25-11-26-21(19)29/h2-8,11-12H,9-10,23H2,1H3,(H2,24,25,26). The van der Waals surface area contributed by atoms with Crippen molar-refractivity contribution in [3.8, 4) is 5.69 Å². The molecule has 4 N–H and O–H groups in total. The van der Waals surface area contributed by atoms with Gasteiger partial charge in [0.1, 0.15) is 17.7 Å². The number of imidazole rings is 1. The van der Waals surface area contributed by atoms with Gasteiger partial charge in [-0.2, -0.15) is 0 Å². The molecule has 154 valence electrons. The van der Waals surface area contributed by atoms with Crippen LogP contribution in [0.5, 0.6) is 0 Å². The fraction of sp³-hybridized carbons (Fsp3) is 0.136. The lowest BCUT2D eigenvalue weighted by Gasteiger charge is -2.17. The van der Waals surface area contributed by atoms with Gasteiger partial charge in [0.15, 0.2) is 11.5 Å². The third kappa shape index (κ3) is 3.03. The molecule has 0 aliphatic rings. The third-order valence-corrected chi connectivity index (χ3v) is 5.37. The molecule has 0 unspecified atom stereocenters. The van der Waals surface area contributed by atoms with Crippen LogP contribution in [0.4, 0.5) is 5.82 Å². The van der Waals surface area contributed by atoms with Crippen molar-refractivity contribution in [1.29, 1.82) is 0 Å². The number of para-hydroxylation sites is 1. The number of rotatable bonds is 4. The molecule has 3 heterocycles. The number of anilines is 1. The van der Waals surface area contributed by atoms with Gasteiger partial charge < -0.3 is 16.0 Å². The maximum absolute atomic E-state index is 13.7. The molecule has 0 radical (unpaired) electrons. The van der Waals surface area contributed by atoms with Crippen molar-refractivity contribution in [1.82, 2.24) is 29.1 Å². The molecule has 0 saturated carbocycles. The van der Waals surface area contributed by atoms with Crippen LogP contribution in [-0.2, 0) is 13.1 Å². The predicted octanol–water partition coefficient (Wildman–Crippen LogP) is 1.92. The van der Waals surface area contributed by atoms with Gasteiger partial charge in [0.25, 0.3) is 5.56 Å². The molecule has 9 nitrogen and oxygen atoms in total. The second-order valence-corrected chi connectivity index (χ2v) is 7.27. The first-order valence-corrected chi connectivity index (χ1v) is 9.79. The number of hydrogen-bond donors (Lipinski definition) is 2. The summed E-state index contributed by atoms with van der Waals surface area (Å²) >= 11 is 0. The monoisotopic (exact) mass is 412 g/mol. The smallest absolute Gasteiger partial charge is 0.266 e. The number of nitrogen functional groups attached to an aromatic ring is 1. The molecule has 5 rings (SSSR count). The summed E-state index contributed by atoms with van der Waals surface area (Å²) in [6.07, 6.45) is 3.02. The molecule has 0 bridgehead atoms. The Hall–Kier alpha value is -4.11. The summed E-state index contributed by atoms with van der Waals surface area (Å²) in [5, 5.41) is 0.583. The second kappa shape index (κ2) is 7.29. The topological polar surface area (TPSA) is 131 Å². The molecule has 0 fully saturated rings. The highest BCUT2D eigenvalue weighted by atomic mass is 16.1. The van der Waals surface area contributed by atoms with E-state index < -0.39 is 0 Å². The number of benzene rings is 2. The fourth-order valence-corrected chi connectivity index (χ4v) is 3.86. The molecular formula is C22H20N8O. The molecule has 0 atom stereocenters. The van der Waals surface area contributed by atoms with E-state index in [0.717, 1.165) is 11.1 Å². The van der Waals surface area contributed by atoms with E-state index in [2.05, 4.69) is 15.0 Å². The van der Waals surface area contributed by atoms with Gasteiger partial charge in [-0.05, 0) is 30.2 Å². The zero-order valence-electron chi connectivity index (χ0n) is 16.9. The Morgan fingerprint density at radius 3 is 2.71 bits per heavy atom. The van der Waals surface area contributed by atoms with Gasteiger partial charge in [0, 0.05) is 6.54 Å². The van der Waals surface area contributed by atoms with E-state index in [9.17, 15) is 4.79 Å². The van der Waals surface area contributed by atoms with Crippen molar-refractivity contribution < 1.29 is 0 Å². The lowest BCUT2D eigenvalue weighted by Crippen LogP contribution is -2.27. The highest BCUT2D eigenvalue weighted by Crippen LogP contribution is 2.21. The highest BCUT2D eigenvalue weighted by Gasteiger charge is 2.18. The van der Waals surface area contributed by atoms with Crippen LogP contribution >= 0.6 is 0 Å². The molecule has 2 aromatic carbocycles. The van der Waals surface area contributed by atoms with Gasteiger partial charge in [0.05, 0.1) is 29.5 Å². The Balaban J connectivity index is 1.81. The average molecular weight is 412 g/mol. The van der Waals surface area contributed by atoms with Crippen LogP contribution in [0.15, 0.2) is 59.9 Å². The maximum Gasteiger partial charge on any atom is 0.266 e. The predicted molar refractivity (Wildman–Crippen MR) is 119 cm³/mol. The van der Waals surface area contributed by atoms with E-state index in [-0.39, 0.29) is 12.1 Å². The van der Waals surface area contributed by atoms with E-state index in [1.54, 1.807) is 15.5 Å². The normalized spacial score (nSPS) is 11.4. The van der Waals surface area contributed by atoms with Crippen LogP contribution in [0.25, 0.3) is 27.8 Å². The quantitative estimate of drug-likeness (QED) is 0.461. The van der Waals surface area contributed by atoms with Gasteiger partial charge in [0.2, 0.25) is 0 Å². The molecule has 0 spiro atoms. The summed E-state index contributed by atoms with van der Waals surface area (Å²) in [6, 6.07) is 13.2. The van der Waals surface area contributed by atoms with Crippen LogP contribution in [-0.4, -0.2) is 29.1 Å². The number of fused-ring (bicyclic) bond motifs is 2. The first-order valence-electron chi connectivity index (χ1n) is 9.79. The molecule has 0 saturated heterocycles. The van der Waals surface area contributed by atoms with Gasteiger partial charge in [-0.15, -0.1) is 0 Å². The number of hydrogen-bond acceptors (Lipinski definition) is 7. The molecular weight excluding hydrogens is 392 g/mol. The van der Waals surface area contributed by atoms with Crippen LogP contribution in [0.3, 0.4) is 0 Å². The summed E-state index contributed by atoms with van der Waals surface area (Å²) in [5.74, 6) is 0.845. The number of aromatic nitrogens is 6. The van der Waals surface area contributed by atoms with Gasteiger partial charge in [-0.3, -0.25) is 9.36 Å². The van der Waals surface area contributed by atoms with Crippen LogP contribution in [0.2, 0.25) is 0 Å². The summed E-state index contributed by atoms with van der Waals surface area (Å²) in [4.78, 5) is 31.2. The Kier molecular flexibility index (Phi) is 4.45. The lowest BCUT2D eigenvalue weighted by molar-refractivity contribution is 0.715. The van der Waals surface area contributed by atoms with Crippen molar-refractivity contribution in [2.75, 3.05) is 5.73 Å². The van der Waals surface area contributed by atoms with Crippen molar-refractivity contribution in [2.24, 2.45) is 5.73 Å². The molecule has 3 aromatic heterocycles. The molecule has 5 aromatic rings. The third-order valence-electron chi connectivity index (χ3n) is 5.37. The number of nitrogens with zero attached hydrogens (tertiary/aromatic N) is 6. The van der Waals surface area contributed by atoms with E-state index >= 15 is 0 Å². The van der Waals surface area contributed by atoms with Crippen LogP contribution in [0, 0.1) is 6.92 Å². The SMILES string of the molecule is Cc1cccc2nc(Cn3cnc4c(N)ncnc43)n(-c3ccccc3CN)c(=O)c12. The van der Waals surface area contributed by atoms with E-state index in [1.807, 2.05) is 49.4 Å². The Bertz CT molecular complexity index is 1500. The minimum absolute atomic E-state index is 0.141. The van der Waals surface area contributed by atoms with Gasteiger partial charge in [-0.25, -0.2) is 19.9 Å². The summed E-state index contributed by atoms with van der Waals surface area (Å²) < 4.78 is 3.44. The average Bonchev–Trinajstić information content (AvgIpc) is 3.18. The molecule has 9 heteroatoms. The van der Waals surface area contributed by atoms with E-state index in [0.29, 0.717) is 45.9 Å².